The van der Waals surface area contributed by atoms with Crippen LogP contribution in [-0.2, 0) is 11.3 Å². The van der Waals surface area contributed by atoms with Gasteiger partial charge in [-0.05, 0) is 47.8 Å². The minimum atomic E-state index is -0.902. The molecule has 0 aliphatic heterocycles. The van der Waals surface area contributed by atoms with E-state index in [9.17, 15) is 14.4 Å². The van der Waals surface area contributed by atoms with Gasteiger partial charge in [0.1, 0.15) is 10.9 Å². The Kier molecular flexibility index (Phi) is 8.41. The second kappa shape index (κ2) is 11.3. The smallest absolute Gasteiger partial charge is 0.270 e. The summed E-state index contributed by atoms with van der Waals surface area (Å²) in [6.45, 7) is 6.81. The standard InChI is InChI=1S/C24H29N5O3S2/c1-14(2)10-11-27-23(31)20(16-8-6-15(3)7-9-16)29(13-17-5-4-12-33-17)24(32)21-18(25)19(22(26)30)28-34-21/h4-9,12,14,20H,10-11,13,25H2,1-3H3,(H2,26,30)(H,27,31). The number of hydrogen-bond acceptors (Lipinski definition) is 7. The average Bonchev–Trinajstić information content (AvgIpc) is 3.43. The SMILES string of the molecule is Cc1ccc(C(C(=O)NCCC(C)C)N(Cc2cccs2)C(=O)c2snc(C(N)=O)c2N)cc1. The van der Waals surface area contributed by atoms with Crippen LogP contribution in [0.4, 0.5) is 5.69 Å². The Balaban J connectivity index is 2.05. The van der Waals surface area contributed by atoms with E-state index < -0.39 is 17.9 Å². The summed E-state index contributed by atoms with van der Waals surface area (Å²) in [6, 6.07) is 10.4. The molecule has 0 aliphatic rings. The number of nitrogens with one attached hydrogen (secondary N) is 1. The highest BCUT2D eigenvalue weighted by atomic mass is 32.1. The number of rotatable bonds is 10. The number of amides is 3. The van der Waals surface area contributed by atoms with Crippen molar-refractivity contribution in [1.82, 2.24) is 14.6 Å². The molecule has 2 heterocycles. The van der Waals surface area contributed by atoms with Crippen molar-refractivity contribution in [3.63, 3.8) is 0 Å². The highest BCUT2D eigenvalue weighted by Crippen LogP contribution is 2.31. The number of carbonyl (C=O) groups excluding carboxylic acids is 3. The fraction of sp³-hybridized carbons (Fsp3) is 0.333. The Morgan fingerprint density at radius 1 is 1.15 bits per heavy atom. The first-order valence-electron chi connectivity index (χ1n) is 10.9. The zero-order valence-corrected chi connectivity index (χ0v) is 21.0. The lowest BCUT2D eigenvalue weighted by molar-refractivity contribution is -0.126. The number of carbonyl (C=O) groups is 3. The van der Waals surface area contributed by atoms with Gasteiger partial charge in [0.2, 0.25) is 5.91 Å². The Labute approximate surface area is 207 Å². The molecule has 5 N–H and O–H groups in total. The Hall–Kier alpha value is -3.24. The summed E-state index contributed by atoms with van der Waals surface area (Å²) in [6.07, 6.45) is 0.814. The van der Waals surface area contributed by atoms with Gasteiger partial charge in [-0.15, -0.1) is 11.3 Å². The lowest BCUT2D eigenvalue weighted by Crippen LogP contribution is -2.43. The summed E-state index contributed by atoms with van der Waals surface area (Å²) < 4.78 is 3.97. The molecule has 1 unspecified atom stereocenters. The number of benzene rings is 1. The number of nitrogen functional groups attached to an aromatic ring is 1. The molecular formula is C24H29N5O3S2. The minimum Gasteiger partial charge on any atom is -0.395 e. The van der Waals surface area contributed by atoms with Gasteiger partial charge in [-0.25, -0.2) is 0 Å². The molecule has 34 heavy (non-hydrogen) atoms. The van der Waals surface area contributed by atoms with Crippen molar-refractivity contribution in [2.45, 2.75) is 39.8 Å². The topological polar surface area (TPSA) is 131 Å². The molecule has 0 aliphatic carbocycles. The van der Waals surface area contributed by atoms with Crippen molar-refractivity contribution < 1.29 is 14.4 Å². The number of primary amides is 1. The fourth-order valence-corrected chi connectivity index (χ4v) is 4.88. The second-order valence-electron chi connectivity index (χ2n) is 8.44. The van der Waals surface area contributed by atoms with Gasteiger partial charge >= 0.3 is 0 Å². The molecule has 3 rings (SSSR count). The molecule has 0 spiro atoms. The highest BCUT2D eigenvalue weighted by Gasteiger charge is 2.35. The van der Waals surface area contributed by atoms with Crippen molar-refractivity contribution in [3.05, 3.63) is 68.4 Å². The van der Waals surface area contributed by atoms with E-state index >= 15 is 0 Å². The highest BCUT2D eigenvalue weighted by molar-refractivity contribution is 7.10. The van der Waals surface area contributed by atoms with E-state index in [1.54, 1.807) is 0 Å². The molecule has 2 aromatic heterocycles. The maximum absolute atomic E-state index is 13.8. The summed E-state index contributed by atoms with van der Waals surface area (Å²) >= 11 is 2.29. The molecule has 0 saturated heterocycles. The summed E-state index contributed by atoms with van der Waals surface area (Å²) in [4.78, 5) is 41.4. The first kappa shape index (κ1) is 25.4. The third-order valence-corrected chi connectivity index (χ3v) is 7.01. The molecule has 3 aromatic rings. The number of nitrogens with two attached hydrogens (primary N) is 2. The van der Waals surface area contributed by atoms with Crippen LogP contribution in [0.5, 0.6) is 0 Å². The van der Waals surface area contributed by atoms with E-state index in [0.29, 0.717) is 18.0 Å². The van der Waals surface area contributed by atoms with Gasteiger partial charge in [-0.2, -0.15) is 4.37 Å². The number of aromatic nitrogens is 1. The largest absolute Gasteiger partial charge is 0.395 e. The lowest BCUT2D eigenvalue weighted by Gasteiger charge is -2.31. The normalized spacial score (nSPS) is 11.9. The van der Waals surface area contributed by atoms with E-state index in [4.69, 9.17) is 11.5 Å². The third-order valence-electron chi connectivity index (χ3n) is 5.30. The zero-order chi connectivity index (χ0) is 24.8. The van der Waals surface area contributed by atoms with Gasteiger partial charge in [-0.3, -0.25) is 14.4 Å². The van der Waals surface area contributed by atoms with Crippen LogP contribution in [0.1, 0.15) is 62.5 Å². The number of hydrogen-bond donors (Lipinski definition) is 3. The summed E-state index contributed by atoms with van der Waals surface area (Å²) in [5.41, 5.74) is 12.9. The maximum atomic E-state index is 13.8. The Bertz CT molecular complexity index is 1140. The molecule has 1 atom stereocenters. The zero-order valence-electron chi connectivity index (χ0n) is 19.4. The van der Waals surface area contributed by atoms with Gasteiger partial charge in [-0.1, -0.05) is 49.7 Å². The van der Waals surface area contributed by atoms with Crippen LogP contribution < -0.4 is 16.8 Å². The Morgan fingerprint density at radius 3 is 2.41 bits per heavy atom. The van der Waals surface area contributed by atoms with Crippen LogP contribution in [0, 0.1) is 12.8 Å². The van der Waals surface area contributed by atoms with Crippen molar-refractivity contribution in [2.75, 3.05) is 12.3 Å². The molecule has 0 fully saturated rings. The predicted octanol–water partition coefficient (Wildman–Crippen LogP) is 3.74. The molecule has 0 saturated carbocycles. The first-order chi connectivity index (χ1) is 16.2. The number of anilines is 1. The third kappa shape index (κ3) is 6.00. The summed E-state index contributed by atoms with van der Waals surface area (Å²) in [5, 5.41) is 4.90. The van der Waals surface area contributed by atoms with E-state index in [0.717, 1.165) is 28.4 Å². The van der Waals surface area contributed by atoms with Gasteiger partial charge in [0, 0.05) is 11.4 Å². The average molecular weight is 500 g/mol. The molecule has 180 valence electrons. The number of thiophene rings is 1. The van der Waals surface area contributed by atoms with E-state index in [1.807, 2.05) is 48.7 Å². The van der Waals surface area contributed by atoms with Crippen LogP contribution in [-0.4, -0.2) is 33.5 Å². The van der Waals surface area contributed by atoms with Crippen molar-refractivity contribution in [3.8, 4) is 0 Å². The molecule has 3 amide bonds. The van der Waals surface area contributed by atoms with Crippen molar-refractivity contribution >= 4 is 46.3 Å². The van der Waals surface area contributed by atoms with Crippen LogP contribution in [0.2, 0.25) is 0 Å². The monoisotopic (exact) mass is 499 g/mol. The lowest BCUT2D eigenvalue weighted by atomic mass is 10.0. The van der Waals surface area contributed by atoms with Crippen LogP contribution in [0.25, 0.3) is 0 Å². The summed E-state index contributed by atoms with van der Waals surface area (Å²) in [7, 11) is 0. The first-order valence-corrected chi connectivity index (χ1v) is 12.6. The van der Waals surface area contributed by atoms with Gasteiger partial charge in [0.15, 0.2) is 5.69 Å². The molecule has 8 nitrogen and oxygen atoms in total. The van der Waals surface area contributed by atoms with E-state index in [2.05, 4.69) is 23.5 Å². The Morgan fingerprint density at radius 2 is 1.85 bits per heavy atom. The van der Waals surface area contributed by atoms with E-state index in [-0.39, 0.29) is 28.7 Å². The fourth-order valence-electron chi connectivity index (χ4n) is 3.41. The van der Waals surface area contributed by atoms with Crippen LogP contribution in [0.15, 0.2) is 41.8 Å². The predicted molar refractivity (Wildman–Crippen MR) is 136 cm³/mol. The van der Waals surface area contributed by atoms with Gasteiger partial charge < -0.3 is 21.7 Å². The maximum Gasteiger partial charge on any atom is 0.270 e. The molecule has 0 bridgehead atoms. The van der Waals surface area contributed by atoms with Crippen molar-refractivity contribution in [1.29, 1.82) is 0 Å². The quantitative estimate of drug-likeness (QED) is 0.391. The molecule has 0 radical (unpaired) electrons. The minimum absolute atomic E-state index is 0.0680. The second-order valence-corrected chi connectivity index (χ2v) is 10.2. The van der Waals surface area contributed by atoms with E-state index in [1.165, 1.54) is 16.2 Å². The number of aryl methyl sites for hydroxylation is 1. The van der Waals surface area contributed by atoms with Crippen LogP contribution >= 0.6 is 22.9 Å². The molecular weight excluding hydrogens is 470 g/mol. The molecule has 10 heteroatoms. The van der Waals surface area contributed by atoms with Gasteiger partial charge in [0.25, 0.3) is 11.8 Å². The van der Waals surface area contributed by atoms with Gasteiger partial charge in [0.05, 0.1) is 12.2 Å². The molecule has 1 aromatic carbocycles. The van der Waals surface area contributed by atoms with Crippen molar-refractivity contribution in [2.24, 2.45) is 11.7 Å². The van der Waals surface area contributed by atoms with Crippen LogP contribution in [0.3, 0.4) is 0 Å². The number of nitrogens with zero attached hydrogens (tertiary/aromatic N) is 2. The summed E-state index contributed by atoms with van der Waals surface area (Å²) in [5.74, 6) is -1.15.